The number of ether oxygens (including phenoxy) is 4. The Bertz CT molecular complexity index is 2790. The number of nitrogens with zero attached hydrogens (tertiary/aromatic N) is 6. The third-order valence-corrected chi connectivity index (χ3v) is 14.7. The summed E-state index contributed by atoms with van der Waals surface area (Å²) >= 11 is 3.60. The molecule has 68 heavy (non-hydrogen) atoms. The van der Waals surface area contributed by atoms with Crippen LogP contribution in [0.4, 0.5) is 11.4 Å². The first-order chi connectivity index (χ1) is 33.5. The summed E-state index contributed by atoms with van der Waals surface area (Å²) in [5.74, 6) is 0.586. The molecule has 2 fully saturated rings. The van der Waals surface area contributed by atoms with E-state index in [-0.39, 0.29) is 24.6 Å². The van der Waals surface area contributed by atoms with Gasteiger partial charge in [0.1, 0.15) is 11.5 Å². The molecule has 2 saturated heterocycles. The highest BCUT2D eigenvalue weighted by Crippen LogP contribution is 2.33. The van der Waals surface area contributed by atoms with Crippen LogP contribution >= 0.6 is 22.7 Å². The van der Waals surface area contributed by atoms with E-state index in [4.69, 9.17) is 18.9 Å². The number of carbonyl (C=O) groups excluding carboxylic acids is 2. The van der Waals surface area contributed by atoms with Gasteiger partial charge in [0.15, 0.2) is 0 Å². The van der Waals surface area contributed by atoms with Gasteiger partial charge in [-0.25, -0.2) is 9.97 Å². The number of anilines is 2. The van der Waals surface area contributed by atoms with Crippen LogP contribution in [0.5, 0.6) is 23.3 Å². The molecule has 0 bridgehead atoms. The summed E-state index contributed by atoms with van der Waals surface area (Å²) in [7, 11) is 0. The van der Waals surface area contributed by atoms with Gasteiger partial charge >= 0.3 is 11.9 Å². The lowest BCUT2D eigenvalue weighted by molar-refractivity contribution is -0.140. The van der Waals surface area contributed by atoms with Gasteiger partial charge in [0.2, 0.25) is 11.8 Å². The third kappa shape index (κ3) is 11.3. The number of pyridine rings is 2. The van der Waals surface area contributed by atoms with E-state index in [0.29, 0.717) is 35.7 Å². The monoisotopic (exact) mass is 948 g/mol. The first-order valence-electron chi connectivity index (χ1n) is 23.8. The summed E-state index contributed by atoms with van der Waals surface area (Å²) in [5.41, 5.74) is 4.01. The van der Waals surface area contributed by atoms with Gasteiger partial charge in [0.05, 0.1) is 37.1 Å². The van der Waals surface area contributed by atoms with Gasteiger partial charge < -0.3 is 28.7 Å². The van der Waals surface area contributed by atoms with Gasteiger partial charge in [-0.1, -0.05) is 12.1 Å². The van der Waals surface area contributed by atoms with Crippen molar-refractivity contribution in [2.45, 2.75) is 38.5 Å². The van der Waals surface area contributed by atoms with E-state index in [1.54, 1.807) is 34.8 Å². The Hall–Kier alpha value is -6.32. The molecule has 0 N–H and O–H groups in total. The summed E-state index contributed by atoms with van der Waals surface area (Å²) < 4.78 is 25.9. The first-order valence-corrected chi connectivity index (χ1v) is 25.6. The average molecular weight is 949 g/mol. The Labute approximate surface area is 404 Å². The van der Waals surface area contributed by atoms with Crippen molar-refractivity contribution >= 4 is 88.0 Å². The van der Waals surface area contributed by atoms with Crippen molar-refractivity contribution in [1.82, 2.24) is 19.8 Å². The molecule has 4 aromatic heterocycles. The largest absolute Gasteiger partial charge is 0.494 e. The zero-order valence-corrected chi connectivity index (χ0v) is 39.9. The summed E-state index contributed by atoms with van der Waals surface area (Å²) in [5, 5.41) is 8.87. The van der Waals surface area contributed by atoms with Gasteiger partial charge in [-0.3, -0.25) is 19.4 Å². The van der Waals surface area contributed by atoms with Crippen LogP contribution in [0.1, 0.15) is 38.5 Å². The molecule has 350 valence electrons. The smallest absolute Gasteiger partial charge is 0.313 e. The number of hydrogen-bond donors (Lipinski definition) is 0. The maximum absolute atomic E-state index is 12.8. The number of fused-ring (bicyclic) bond motifs is 4. The number of carbonyl (C=O) groups is 2. The van der Waals surface area contributed by atoms with E-state index in [2.05, 4.69) is 88.9 Å². The van der Waals surface area contributed by atoms with E-state index in [0.717, 1.165) is 102 Å². The molecule has 6 heterocycles. The molecular weight excluding hydrogens is 893 g/mol. The fraction of sp³-hybridized carbons (Fsp3) is 0.333. The quantitative estimate of drug-likeness (QED) is 0.0569. The van der Waals surface area contributed by atoms with Crippen LogP contribution in [0.2, 0.25) is 0 Å². The summed E-state index contributed by atoms with van der Waals surface area (Å²) in [4.78, 5) is 44.8. The number of esters is 2. The second-order valence-corrected chi connectivity index (χ2v) is 19.3. The molecule has 4 aromatic carbocycles. The topological polar surface area (TPSA) is 110 Å². The predicted molar refractivity (Wildman–Crippen MR) is 274 cm³/mol. The number of piperazine rings is 2. The standard InChI is InChI=1S/C54H56N6O6S2/c61-53(65-51-17-13-39-11-15-41(37-45(39)55-51)63-33-3-1-23-57-25-29-59(30-26-57)47-7-5-9-49-43(47)21-35-67-49)19-20-54(62)66-52-18-14-40-12-16-42(38-46(40)56-52)64-34-4-2-24-58-27-31-60(32-28-58)48-8-6-10-50-44(48)22-36-68-50/h5-18,21-22,35-38H,1-4,19-20,23-34H2. The lowest BCUT2D eigenvalue weighted by Gasteiger charge is -2.36. The zero-order chi connectivity index (χ0) is 46.1. The Kier molecular flexibility index (Phi) is 14.5. The maximum Gasteiger partial charge on any atom is 0.313 e. The van der Waals surface area contributed by atoms with Crippen LogP contribution in [0.25, 0.3) is 42.0 Å². The van der Waals surface area contributed by atoms with Crippen molar-refractivity contribution in [3.63, 3.8) is 0 Å². The van der Waals surface area contributed by atoms with E-state index in [1.165, 1.54) is 31.5 Å². The maximum atomic E-state index is 12.8. The minimum absolute atomic E-state index is 0.159. The normalized spacial score (nSPS) is 14.8. The predicted octanol–water partition coefficient (Wildman–Crippen LogP) is 10.5. The molecular formula is C54H56N6O6S2. The van der Waals surface area contributed by atoms with E-state index in [1.807, 2.05) is 48.5 Å². The number of unbranched alkanes of at least 4 members (excludes halogenated alkanes) is 2. The average Bonchev–Trinajstić information content (AvgIpc) is 4.07. The number of hydrogen-bond acceptors (Lipinski definition) is 14. The molecule has 0 atom stereocenters. The zero-order valence-electron chi connectivity index (χ0n) is 38.2. The van der Waals surface area contributed by atoms with Crippen LogP contribution < -0.4 is 28.7 Å². The Morgan fingerprint density at radius 3 is 1.40 bits per heavy atom. The summed E-state index contributed by atoms with van der Waals surface area (Å²) in [6.07, 6.45) is 3.67. The molecule has 14 heteroatoms. The fourth-order valence-corrected chi connectivity index (χ4v) is 10.8. The van der Waals surface area contributed by atoms with Crippen molar-refractivity contribution in [2.24, 2.45) is 0 Å². The first kappa shape index (κ1) is 45.5. The fourth-order valence-electron chi connectivity index (χ4n) is 9.18. The van der Waals surface area contributed by atoms with Crippen molar-refractivity contribution in [3.05, 3.63) is 120 Å². The molecule has 2 aliphatic heterocycles. The molecule has 10 rings (SSSR count). The number of aromatic nitrogens is 2. The van der Waals surface area contributed by atoms with E-state index in [9.17, 15) is 9.59 Å². The highest BCUT2D eigenvalue weighted by Gasteiger charge is 2.21. The molecule has 0 radical (unpaired) electrons. The summed E-state index contributed by atoms with van der Waals surface area (Å²) in [6, 6.07) is 36.2. The van der Waals surface area contributed by atoms with E-state index >= 15 is 0 Å². The van der Waals surface area contributed by atoms with E-state index < -0.39 is 11.9 Å². The van der Waals surface area contributed by atoms with Crippen LogP contribution in [-0.4, -0.2) is 110 Å². The lowest BCUT2D eigenvalue weighted by atomic mass is 10.2. The van der Waals surface area contributed by atoms with Gasteiger partial charge in [-0.2, -0.15) is 0 Å². The minimum atomic E-state index is -0.582. The Morgan fingerprint density at radius 2 is 0.941 bits per heavy atom. The van der Waals surface area contributed by atoms with Gasteiger partial charge in [0.25, 0.3) is 0 Å². The Balaban J connectivity index is 0.611. The van der Waals surface area contributed by atoms with Gasteiger partial charge in [0, 0.05) is 119 Å². The highest BCUT2D eigenvalue weighted by molar-refractivity contribution is 7.17. The SMILES string of the molecule is O=C(CCC(=O)Oc1ccc2ccc(OCCCCN3CCN(c4cccc5sccc45)CC3)cc2n1)Oc1ccc2ccc(OCCCCN3CCN(c4cccc5sccc45)CC3)cc2n1. The second-order valence-electron chi connectivity index (χ2n) is 17.4. The molecule has 0 amide bonds. The highest BCUT2D eigenvalue weighted by atomic mass is 32.1. The van der Waals surface area contributed by atoms with Crippen LogP contribution in [0, 0.1) is 0 Å². The van der Waals surface area contributed by atoms with Gasteiger partial charge in [-0.15, -0.1) is 22.7 Å². The minimum Gasteiger partial charge on any atom is -0.494 e. The van der Waals surface area contributed by atoms with Crippen molar-refractivity contribution in [3.8, 4) is 23.3 Å². The number of rotatable bonds is 19. The van der Waals surface area contributed by atoms with Gasteiger partial charge in [-0.05, 0) is 122 Å². The lowest BCUT2D eigenvalue weighted by Crippen LogP contribution is -2.46. The van der Waals surface area contributed by atoms with Crippen LogP contribution in [-0.2, 0) is 9.59 Å². The third-order valence-electron chi connectivity index (χ3n) is 12.9. The summed E-state index contributed by atoms with van der Waals surface area (Å²) in [6.45, 7) is 11.7. The molecule has 12 nitrogen and oxygen atoms in total. The number of benzene rings is 4. The molecule has 2 aliphatic rings. The molecule has 8 aromatic rings. The number of thiophene rings is 2. The Morgan fingerprint density at radius 1 is 0.500 bits per heavy atom. The molecule has 0 spiro atoms. The van der Waals surface area contributed by atoms with Crippen LogP contribution in [0.3, 0.4) is 0 Å². The van der Waals surface area contributed by atoms with Crippen molar-refractivity contribution < 1.29 is 28.5 Å². The van der Waals surface area contributed by atoms with Crippen LogP contribution in [0.15, 0.2) is 120 Å². The molecule has 0 saturated carbocycles. The van der Waals surface area contributed by atoms with Crippen molar-refractivity contribution in [2.75, 3.05) is 88.5 Å². The van der Waals surface area contributed by atoms with Crippen molar-refractivity contribution in [1.29, 1.82) is 0 Å². The molecule has 0 unspecified atom stereocenters. The molecule has 0 aliphatic carbocycles. The second kappa shape index (κ2) is 21.8.